The Morgan fingerprint density at radius 3 is 2.62 bits per heavy atom. The summed E-state index contributed by atoms with van der Waals surface area (Å²) >= 11 is 3.12. The van der Waals surface area contributed by atoms with Crippen LogP contribution in [0.15, 0.2) is 76.8 Å². The van der Waals surface area contributed by atoms with Crippen molar-refractivity contribution in [1.29, 1.82) is 0 Å². The molecule has 2 aromatic heterocycles. The molecule has 9 heteroatoms. The highest BCUT2D eigenvalue weighted by atomic mass is 32.2. The van der Waals surface area contributed by atoms with Gasteiger partial charge in [0.25, 0.3) is 0 Å². The molecule has 6 nitrogen and oxygen atoms in total. The van der Waals surface area contributed by atoms with Crippen molar-refractivity contribution in [3.63, 3.8) is 0 Å². The first kappa shape index (κ1) is 24.4. The molecule has 0 radical (unpaired) electrons. The van der Waals surface area contributed by atoms with E-state index in [0.29, 0.717) is 11.7 Å². The van der Waals surface area contributed by atoms with Gasteiger partial charge in [0, 0.05) is 23.7 Å². The minimum absolute atomic E-state index is 0.0839. The molecule has 0 unspecified atom stereocenters. The molecular formula is C25H25N3O3S3. The second-order valence-corrected chi connectivity index (χ2v) is 11.9. The first-order chi connectivity index (χ1) is 16.4. The molecule has 1 amide bonds. The number of carbonyl (C=O) groups is 1. The average Bonchev–Trinajstić information content (AvgIpc) is 3.26. The first-order valence-electron chi connectivity index (χ1n) is 10.8. The lowest BCUT2D eigenvalue weighted by Gasteiger charge is -2.20. The van der Waals surface area contributed by atoms with Crippen LogP contribution in [0.1, 0.15) is 24.0 Å². The summed E-state index contributed by atoms with van der Waals surface area (Å²) in [6.07, 6.45) is 5.78. The molecule has 0 aliphatic heterocycles. The molecule has 0 saturated heterocycles. The molecule has 2 heterocycles. The highest BCUT2D eigenvalue weighted by Crippen LogP contribution is 2.32. The van der Waals surface area contributed by atoms with Crippen molar-refractivity contribution in [2.45, 2.75) is 36.1 Å². The normalized spacial score (nSPS) is 11.6. The lowest BCUT2D eigenvalue weighted by molar-refractivity contribution is -0.118. The maximum absolute atomic E-state index is 13.3. The van der Waals surface area contributed by atoms with E-state index >= 15 is 0 Å². The number of sulfone groups is 1. The molecule has 4 rings (SSSR count). The van der Waals surface area contributed by atoms with E-state index in [1.54, 1.807) is 53.3 Å². The van der Waals surface area contributed by atoms with Crippen molar-refractivity contribution in [3.05, 3.63) is 78.1 Å². The van der Waals surface area contributed by atoms with Crippen molar-refractivity contribution in [2.75, 3.05) is 16.9 Å². The Balaban J connectivity index is 1.53. The molecule has 34 heavy (non-hydrogen) atoms. The molecule has 176 valence electrons. The number of hydrogen-bond acceptors (Lipinski definition) is 7. The first-order valence-corrected chi connectivity index (χ1v) is 14.5. The van der Waals surface area contributed by atoms with E-state index in [0.717, 1.165) is 26.2 Å². The van der Waals surface area contributed by atoms with Gasteiger partial charge in [0.2, 0.25) is 5.91 Å². The van der Waals surface area contributed by atoms with Crippen LogP contribution in [0.25, 0.3) is 10.2 Å². The molecule has 0 bridgehead atoms. The van der Waals surface area contributed by atoms with Gasteiger partial charge in [0.05, 0.1) is 27.4 Å². The number of benzene rings is 2. The van der Waals surface area contributed by atoms with E-state index < -0.39 is 9.84 Å². The number of thiazole rings is 1. The summed E-state index contributed by atoms with van der Waals surface area (Å²) in [5, 5.41) is 0.600. The van der Waals surface area contributed by atoms with Crippen molar-refractivity contribution >= 4 is 54.2 Å². The van der Waals surface area contributed by atoms with Gasteiger partial charge in [-0.2, -0.15) is 0 Å². The third-order valence-corrected chi connectivity index (χ3v) is 8.95. The Labute approximate surface area is 208 Å². The van der Waals surface area contributed by atoms with Gasteiger partial charge < -0.3 is 0 Å². The highest BCUT2D eigenvalue weighted by Gasteiger charge is 2.22. The smallest absolute Gasteiger partial charge is 0.229 e. The molecule has 0 saturated carbocycles. The Kier molecular flexibility index (Phi) is 7.65. The topological polar surface area (TPSA) is 80.2 Å². The van der Waals surface area contributed by atoms with E-state index in [9.17, 15) is 13.2 Å². The van der Waals surface area contributed by atoms with Gasteiger partial charge in [-0.3, -0.25) is 14.7 Å². The van der Waals surface area contributed by atoms with Crippen LogP contribution in [0.5, 0.6) is 0 Å². The quantitative estimate of drug-likeness (QED) is 0.276. The van der Waals surface area contributed by atoms with E-state index in [4.69, 9.17) is 4.98 Å². The van der Waals surface area contributed by atoms with Crippen LogP contribution >= 0.6 is 23.1 Å². The number of nitrogens with zero attached hydrogens (tertiary/aromatic N) is 3. The molecule has 0 fully saturated rings. The second kappa shape index (κ2) is 10.7. The van der Waals surface area contributed by atoms with E-state index in [1.807, 2.05) is 37.4 Å². The Hall–Kier alpha value is -2.75. The predicted molar refractivity (Wildman–Crippen MR) is 139 cm³/mol. The zero-order chi connectivity index (χ0) is 24.1. The van der Waals surface area contributed by atoms with Crippen molar-refractivity contribution in [1.82, 2.24) is 9.97 Å². The summed E-state index contributed by atoms with van der Waals surface area (Å²) in [5.41, 5.74) is 2.72. The van der Waals surface area contributed by atoms with Crippen molar-refractivity contribution in [3.8, 4) is 0 Å². The van der Waals surface area contributed by atoms with Crippen LogP contribution < -0.4 is 4.90 Å². The number of thioether (sulfide) groups is 1. The Bertz CT molecular complexity index is 1390. The number of fused-ring (bicyclic) bond motifs is 1. The lowest BCUT2D eigenvalue weighted by Crippen LogP contribution is -2.30. The zero-order valence-electron chi connectivity index (χ0n) is 19.0. The molecule has 2 aromatic carbocycles. The third kappa shape index (κ3) is 5.84. The minimum atomic E-state index is -3.45. The number of hydrogen-bond donors (Lipinski definition) is 0. The summed E-state index contributed by atoms with van der Waals surface area (Å²) in [6, 6.07) is 16.6. The number of carbonyl (C=O) groups excluding carboxylic acids is 1. The lowest BCUT2D eigenvalue weighted by atomic mass is 10.2. The van der Waals surface area contributed by atoms with Crippen molar-refractivity contribution in [2.24, 2.45) is 0 Å². The molecular weight excluding hydrogens is 486 g/mol. The highest BCUT2D eigenvalue weighted by molar-refractivity contribution is 7.98. The second-order valence-electron chi connectivity index (χ2n) is 7.91. The largest absolute Gasteiger partial charge is 0.284 e. The fourth-order valence-corrected chi connectivity index (χ4v) is 6.33. The third-order valence-electron chi connectivity index (χ3n) is 5.36. The van der Waals surface area contributed by atoms with Gasteiger partial charge in [-0.05, 0) is 61.6 Å². The standard InChI is InChI=1S/C25H25N3O3S3/c1-18-7-10-21(11-8-18)34(30,31)14-4-6-24(29)28(17-19-5-3-13-26-16-19)25-27-22-12-9-20(32-2)15-23(22)33-25/h3,5,7-13,15-16H,4,6,14,17H2,1-2H3. The van der Waals surface area contributed by atoms with Crippen LogP contribution in [0.3, 0.4) is 0 Å². The Morgan fingerprint density at radius 2 is 1.91 bits per heavy atom. The molecule has 0 spiro atoms. The van der Waals surface area contributed by atoms with Crippen molar-refractivity contribution < 1.29 is 13.2 Å². The van der Waals surface area contributed by atoms with Gasteiger partial charge in [-0.25, -0.2) is 13.4 Å². The molecule has 0 N–H and O–H groups in total. The number of amides is 1. The van der Waals surface area contributed by atoms with E-state index in [-0.39, 0.29) is 29.4 Å². The summed E-state index contributed by atoms with van der Waals surface area (Å²) in [5.74, 6) is -0.244. The van der Waals surface area contributed by atoms with Gasteiger partial charge in [-0.15, -0.1) is 11.8 Å². The fraction of sp³-hybridized carbons (Fsp3) is 0.240. The summed E-state index contributed by atoms with van der Waals surface area (Å²) in [4.78, 5) is 25.2. The Morgan fingerprint density at radius 1 is 1.12 bits per heavy atom. The van der Waals surface area contributed by atoms with Crippen LogP contribution in [0.2, 0.25) is 0 Å². The van der Waals surface area contributed by atoms with Gasteiger partial charge in [0.1, 0.15) is 0 Å². The predicted octanol–water partition coefficient (Wildman–Crippen LogP) is 5.51. The SMILES string of the molecule is CSc1ccc2nc(N(Cc3cccnc3)C(=O)CCCS(=O)(=O)c3ccc(C)cc3)sc2c1. The van der Waals surface area contributed by atoms with E-state index in [1.165, 1.54) is 11.3 Å². The molecule has 0 aliphatic rings. The number of anilines is 1. The monoisotopic (exact) mass is 511 g/mol. The maximum atomic E-state index is 13.3. The van der Waals surface area contributed by atoms with Gasteiger partial charge in [0.15, 0.2) is 15.0 Å². The number of pyridine rings is 1. The summed E-state index contributed by atoms with van der Waals surface area (Å²) < 4.78 is 26.4. The van der Waals surface area contributed by atoms with Gasteiger partial charge in [-0.1, -0.05) is 35.1 Å². The minimum Gasteiger partial charge on any atom is -0.284 e. The number of rotatable bonds is 9. The zero-order valence-corrected chi connectivity index (χ0v) is 21.4. The fourth-order valence-electron chi connectivity index (χ4n) is 3.48. The summed E-state index contributed by atoms with van der Waals surface area (Å²) in [6.45, 7) is 2.24. The average molecular weight is 512 g/mol. The summed E-state index contributed by atoms with van der Waals surface area (Å²) in [7, 11) is -3.45. The molecule has 0 aliphatic carbocycles. The van der Waals surface area contributed by atoms with Crippen LogP contribution in [-0.2, 0) is 21.2 Å². The number of aryl methyl sites for hydroxylation is 1. The molecule has 4 aromatic rings. The maximum Gasteiger partial charge on any atom is 0.229 e. The van der Waals surface area contributed by atoms with Gasteiger partial charge >= 0.3 is 0 Å². The van der Waals surface area contributed by atoms with Crippen LogP contribution in [0, 0.1) is 6.92 Å². The number of aromatic nitrogens is 2. The molecule has 0 atom stereocenters. The van der Waals surface area contributed by atoms with Crippen LogP contribution in [-0.4, -0.2) is 36.3 Å². The van der Waals surface area contributed by atoms with E-state index in [2.05, 4.69) is 11.1 Å². The van der Waals surface area contributed by atoms with Crippen LogP contribution in [0.4, 0.5) is 5.13 Å².